The SMILES string of the molecule is O=C(C(Sc1nnc(COc2ccccc2Cl)n1C1CC1)c1ccccc1)N1CCCCC1. The fourth-order valence-electron chi connectivity index (χ4n) is 4.16. The zero-order valence-electron chi connectivity index (χ0n) is 18.4. The highest BCUT2D eigenvalue weighted by molar-refractivity contribution is 8.00. The summed E-state index contributed by atoms with van der Waals surface area (Å²) in [7, 11) is 0. The first-order chi connectivity index (χ1) is 16.2. The minimum absolute atomic E-state index is 0.158. The molecule has 6 nitrogen and oxygen atoms in total. The van der Waals surface area contributed by atoms with Gasteiger partial charge in [-0.1, -0.05) is 65.8 Å². The van der Waals surface area contributed by atoms with Crippen LogP contribution in [0.3, 0.4) is 0 Å². The topological polar surface area (TPSA) is 60.2 Å². The molecular formula is C25H27ClN4O2S. The number of nitrogens with zero attached hydrogens (tertiary/aromatic N) is 4. The number of piperidine rings is 1. The van der Waals surface area contributed by atoms with E-state index in [1.807, 2.05) is 53.4 Å². The summed E-state index contributed by atoms with van der Waals surface area (Å²) in [6.07, 6.45) is 5.50. The van der Waals surface area contributed by atoms with Crippen LogP contribution in [0.4, 0.5) is 0 Å². The van der Waals surface area contributed by atoms with E-state index in [2.05, 4.69) is 14.8 Å². The molecule has 2 aliphatic rings. The Balaban J connectivity index is 1.39. The summed E-state index contributed by atoms with van der Waals surface area (Å²) in [5, 5.41) is 9.94. The molecule has 1 unspecified atom stereocenters. The number of hydrogen-bond acceptors (Lipinski definition) is 5. The summed E-state index contributed by atoms with van der Waals surface area (Å²) in [5.41, 5.74) is 0.997. The number of benzene rings is 2. The van der Waals surface area contributed by atoms with Crippen molar-refractivity contribution in [3.8, 4) is 5.75 Å². The summed E-state index contributed by atoms with van der Waals surface area (Å²) in [5.74, 6) is 1.54. The van der Waals surface area contributed by atoms with E-state index < -0.39 is 0 Å². The molecule has 8 heteroatoms. The lowest BCUT2D eigenvalue weighted by atomic mass is 10.1. The molecule has 1 saturated heterocycles. The molecule has 1 saturated carbocycles. The van der Waals surface area contributed by atoms with Crippen molar-refractivity contribution >= 4 is 29.3 Å². The second kappa shape index (κ2) is 10.2. The van der Waals surface area contributed by atoms with Gasteiger partial charge in [0.2, 0.25) is 5.91 Å². The molecule has 2 aromatic carbocycles. The quantitative estimate of drug-likeness (QED) is 0.386. The Morgan fingerprint density at radius 3 is 2.48 bits per heavy atom. The largest absolute Gasteiger partial charge is 0.484 e. The number of para-hydroxylation sites is 1. The summed E-state index contributed by atoms with van der Waals surface area (Å²) in [6.45, 7) is 1.94. The van der Waals surface area contributed by atoms with E-state index >= 15 is 0 Å². The van der Waals surface area contributed by atoms with Crippen LogP contribution in [0.15, 0.2) is 59.8 Å². The lowest BCUT2D eigenvalue weighted by Gasteiger charge is -2.30. The van der Waals surface area contributed by atoms with E-state index in [4.69, 9.17) is 16.3 Å². The van der Waals surface area contributed by atoms with Crippen LogP contribution in [0.2, 0.25) is 5.02 Å². The second-order valence-electron chi connectivity index (χ2n) is 8.51. The zero-order valence-corrected chi connectivity index (χ0v) is 20.0. The van der Waals surface area contributed by atoms with Gasteiger partial charge in [0.25, 0.3) is 0 Å². The fourth-order valence-corrected chi connectivity index (χ4v) is 5.56. The highest BCUT2D eigenvalue weighted by Gasteiger charge is 2.34. The van der Waals surface area contributed by atoms with Crippen molar-refractivity contribution in [1.82, 2.24) is 19.7 Å². The van der Waals surface area contributed by atoms with Gasteiger partial charge in [0, 0.05) is 19.1 Å². The summed E-state index contributed by atoms with van der Waals surface area (Å²) < 4.78 is 8.10. The molecule has 1 atom stereocenters. The van der Waals surface area contributed by atoms with E-state index in [1.54, 1.807) is 6.07 Å². The molecule has 1 aliphatic heterocycles. The molecule has 33 heavy (non-hydrogen) atoms. The Hall–Kier alpha value is -2.51. The van der Waals surface area contributed by atoms with Crippen molar-refractivity contribution in [1.29, 1.82) is 0 Å². The molecule has 5 rings (SSSR count). The van der Waals surface area contributed by atoms with Gasteiger partial charge >= 0.3 is 0 Å². The third kappa shape index (κ3) is 5.20. The average Bonchev–Trinajstić information content (AvgIpc) is 3.62. The van der Waals surface area contributed by atoms with Gasteiger partial charge in [-0.2, -0.15) is 0 Å². The second-order valence-corrected chi connectivity index (χ2v) is 9.99. The third-order valence-corrected chi connectivity index (χ3v) is 7.57. The molecule has 0 N–H and O–H groups in total. The van der Waals surface area contributed by atoms with Gasteiger partial charge in [-0.25, -0.2) is 0 Å². The van der Waals surface area contributed by atoms with Crippen LogP contribution in [-0.2, 0) is 11.4 Å². The van der Waals surface area contributed by atoms with E-state index in [0.717, 1.165) is 55.3 Å². The predicted molar refractivity (Wildman–Crippen MR) is 130 cm³/mol. The van der Waals surface area contributed by atoms with Gasteiger partial charge in [-0.3, -0.25) is 9.36 Å². The van der Waals surface area contributed by atoms with Crippen molar-refractivity contribution in [3.05, 3.63) is 71.0 Å². The Morgan fingerprint density at radius 1 is 1.03 bits per heavy atom. The number of likely N-dealkylation sites (tertiary alicyclic amines) is 1. The number of carbonyl (C=O) groups is 1. The first-order valence-electron chi connectivity index (χ1n) is 11.5. The van der Waals surface area contributed by atoms with Gasteiger partial charge in [0.05, 0.1) is 5.02 Å². The predicted octanol–water partition coefficient (Wildman–Crippen LogP) is 5.69. The number of aromatic nitrogens is 3. The van der Waals surface area contributed by atoms with Crippen LogP contribution in [0.5, 0.6) is 5.75 Å². The normalized spacial score (nSPS) is 17.1. The van der Waals surface area contributed by atoms with Gasteiger partial charge < -0.3 is 9.64 Å². The molecule has 0 spiro atoms. The Bertz CT molecular complexity index is 1100. The molecule has 2 fully saturated rings. The smallest absolute Gasteiger partial charge is 0.240 e. The van der Waals surface area contributed by atoms with Crippen molar-refractivity contribution in [2.45, 2.75) is 55.2 Å². The molecule has 2 heterocycles. The van der Waals surface area contributed by atoms with Crippen molar-refractivity contribution in [3.63, 3.8) is 0 Å². The zero-order chi connectivity index (χ0) is 22.6. The van der Waals surface area contributed by atoms with Crippen LogP contribution in [0.25, 0.3) is 0 Å². The number of halogens is 1. The van der Waals surface area contributed by atoms with Crippen LogP contribution in [0, 0.1) is 0 Å². The molecule has 0 radical (unpaired) electrons. The van der Waals surface area contributed by atoms with Crippen molar-refractivity contribution in [2.75, 3.05) is 13.1 Å². The lowest BCUT2D eigenvalue weighted by Crippen LogP contribution is -2.38. The maximum absolute atomic E-state index is 13.6. The minimum atomic E-state index is -0.344. The highest BCUT2D eigenvalue weighted by Crippen LogP contribution is 2.43. The number of ether oxygens (including phenoxy) is 1. The van der Waals surface area contributed by atoms with Crippen molar-refractivity contribution in [2.24, 2.45) is 0 Å². The Morgan fingerprint density at radius 2 is 1.76 bits per heavy atom. The van der Waals surface area contributed by atoms with E-state index in [9.17, 15) is 4.79 Å². The molecule has 1 amide bonds. The summed E-state index contributed by atoms with van der Waals surface area (Å²) >= 11 is 7.74. The third-order valence-electron chi connectivity index (χ3n) is 6.06. The minimum Gasteiger partial charge on any atom is -0.484 e. The van der Waals surface area contributed by atoms with Crippen LogP contribution in [-0.4, -0.2) is 38.7 Å². The van der Waals surface area contributed by atoms with Gasteiger partial charge in [-0.15, -0.1) is 10.2 Å². The molecule has 172 valence electrons. The number of amides is 1. The maximum Gasteiger partial charge on any atom is 0.240 e. The average molecular weight is 483 g/mol. The maximum atomic E-state index is 13.6. The standard InChI is InChI=1S/C25H27ClN4O2S/c26-20-11-5-6-12-21(20)32-17-22-27-28-25(30(22)19-13-14-19)33-23(18-9-3-1-4-10-18)24(31)29-15-7-2-8-16-29/h1,3-6,9-12,19,23H,2,7-8,13-17H2. The monoisotopic (exact) mass is 482 g/mol. The van der Waals surface area contributed by atoms with E-state index in [0.29, 0.717) is 16.8 Å². The van der Waals surface area contributed by atoms with E-state index in [1.165, 1.54) is 18.2 Å². The number of thioether (sulfide) groups is 1. The van der Waals surface area contributed by atoms with Gasteiger partial charge in [-0.05, 0) is 49.8 Å². The van der Waals surface area contributed by atoms with Crippen molar-refractivity contribution < 1.29 is 9.53 Å². The molecule has 3 aromatic rings. The van der Waals surface area contributed by atoms with Crippen LogP contribution < -0.4 is 4.74 Å². The number of carbonyl (C=O) groups excluding carboxylic acids is 1. The van der Waals surface area contributed by atoms with E-state index in [-0.39, 0.29) is 17.8 Å². The molecular weight excluding hydrogens is 456 g/mol. The highest BCUT2D eigenvalue weighted by atomic mass is 35.5. The number of hydrogen-bond donors (Lipinski definition) is 0. The van der Waals surface area contributed by atoms with Crippen LogP contribution >= 0.6 is 23.4 Å². The first-order valence-corrected chi connectivity index (χ1v) is 12.8. The Labute approximate surface area is 203 Å². The molecule has 1 aliphatic carbocycles. The van der Waals surface area contributed by atoms with Gasteiger partial charge in [0.1, 0.15) is 17.6 Å². The lowest BCUT2D eigenvalue weighted by molar-refractivity contribution is -0.131. The first kappa shape index (κ1) is 22.3. The molecule has 0 bridgehead atoms. The molecule has 1 aromatic heterocycles. The summed E-state index contributed by atoms with van der Waals surface area (Å²) in [4.78, 5) is 15.6. The Kier molecular flexibility index (Phi) is 6.88. The number of rotatable bonds is 8. The summed E-state index contributed by atoms with van der Waals surface area (Å²) in [6, 6.07) is 17.8. The fraction of sp³-hybridized carbons (Fsp3) is 0.400. The van der Waals surface area contributed by atoms with Gasteiger partial charge in [0.15, 0.2) is 11.0 Å². The van der Waals surface area contributed by atoms with Crippen LogP contribution in [0.1, 0.15) is 54.8 Å².